The van der Waals surface area contributed by atoms with Crippen molar-refractivity contribution in [2.75, 3.05) is 13.1 Å². The number of nitrogens with two attached hydrogens (primary N) is 2. The maximum atomic E-state index is 12.5. The summed E-state index contributed by atoms with van der Waals surface area (Å²) in [5, 5.41) is 30.8. The lowest BCUT2D eigenvalue weighted by atomic mass is 9.98. The largest absolute Gasteiger partial charge is 0.383 e. The summed E-state index contributed by atoms with van der Waals surface area (Å²) in [5.41, 5.74) is 12.0. The topological polar surface area (TPSA) is 161 Å². The van der Waals surface area contributed by atoms with E-state index >= 15 is 0 Å². The molecule has 5 atom stereocenters. The zero-order valence-electron chi connectivity index (χ0n) is 14.9. The highest BCUT2D eigenvalue weighted by Crippen LogP contribution is 2.25. The highest BCUT2D eigenvalue weighted by molar-refractivity contribution is 6.29. The van der Waals surface area contributed by atoms with Gasteiger partial charge in [0.2, 0.25) is 5.91 Å². The molecule has 27 heavy (non-hydrogen) atoms. The van der Waals surface area contributed by atoms with Crippen molar-refractivity contribution in [3.05, 3.63) is 34.8 Å². The Morgan fingerprint density at radius 3 is 2.85 bits per heavy atom. The molecule has 1 aliphatic carbocycles. The fraction of sp³-hybridized carbons (Fsp3) is 0.562. The predicted octanol–water partition coefficient (Wildman–Crippen LogP) is -2.93. The average Bonchev–Trinajstić information content (AvgIpc) is 2.99. The summed E-state index contributed by atoms with van der Waals surface area (Å²) in [6, 6.07) is -0.740. The van der Waals surface area contributed by atoms with Gasteiger partial charge in [-0.1, -0.05) is 36.8 Å². The van der Waals surface area contributed by atoms with Gasteiger partial charge in [-0.15, -0.1) is 0 Å². The van der Waals surface area contributed by atoms with Gasteiger partial charge in [0, 0.05) is 24.2 Å². The van der Waals surface area contributed by atoms with Crippen LogP contribution in [-0.2, 0) is 4.79 Å². The number of rotatable bonds is 5. The summed E-state index contributed by atoms with van der Waals surface area (Å²) >= 11 is 5.94. The molecule has 2 aliphatic heterocycles. The molecule has 1 saturated heterocycles. The minimum absolute atomic E-state index is 0.0207. The lowest BCUT2D eigenvalue weighted by Gasteiger charge is -2.32. The fourth-order valence-corrected chi connectivity index (χ4v) is 3.78. The van der Waals surface area contributed by atoms with Crippen molar-refractivity contribution in [1.29, 1.82) is 0 Å². The maximum absolute atomic E-state index is 12.5. The zero-order chi connectivity index (χ0) is 19.7. The van der Waals surface area contributed by atoms with Crippen LogP contribution in [0.5, 0.6) is 0 Å². The molecule has 0 aromatic heterocycles. The molecule has 11 heteroatoms. The molecule has 150 valence electrons. The summed E-state index contributed by atoms with van der Waals surface area (Å²) in [6.07, 6.45) is 3.12. The minimum atomic E-state index is -1.50. The SMILES string of the molecule is CCN1C(CNC(=O)C2NC(Cl)=C(N)NC2N)NC2C=CC(C(O)O)=CC21. The number of carbonyl (C=O) groups excluding carboxylic acids is 1. The molecule has 0 aromatic rings. The van der Waals surface area contributed by atoms with E-state index in [0.29, 0.717) is 12.1 Å². The van der Waals surface area contributed by atoms with E-state index in [-0.39, 0.29) is 35.1 Å². The Balaban J connectivity index is 1.62. The molecule has 1 amide bonds. The number of nitrogens with zero attached hydrogens (tertiary/aromatic N) is 1. The highest BCUT2D eigenvalue weighted by atomic mass is 35.5. The van der Waals surface area contributed by atoms with E-state index in [0.717, 1.165) is 6.54 Å². The van der Waals surface area contributed by atoms with Crippen LogP contribution < -0.4 is 32.7 Å². The third kappa shape index (κ3) is 4.05. The summed E-state index contributed by atoms with van der Waals surface area (Å²) in [5.74, 6) is -0.0988. The molecule has 0 spiro atoms. The fourth-order valence-electron chi connectivity index (χ4n) is 3.61. The van der Waals surface area contributed by atoms with Gasteiger partial charge in [-0.25, -0.2) is 0 Å². The highest BCUT2D eigenvalue weighted by Gasteiger charge is 2.40. The van der Waals surface area contributed by atoms with Crippen LogP contribution in [0.25, 0.3) is 0 Å². The molecule has 2 heterocycles. The van der Waals surface area contributed by atoms with Crippen molar-refractivity contribution in [2.24, 2.45) is 11.5 Å². The Morgan fingerprint density at radius 1 is 1.44 bits per heavy atom. The zero-order valence-corrected chi connectivity index (χ0v) is 15.6. The molecule has 0 aromatic carbocycles. The number of nitrogens with one attached hydrogen (secondary N) is 4. The third-order valence-corrected chi connectivity index (χ3v) is 5.32. The number of carbonyl (C=O) groups is 1. The molecule has 0 saturated carbocycles. The second-order valence-electron chi connectivity index (χ2n) is 6.69. The number of likely N-dealkylation sites (N-methyl/N-ethyl adjacent to an activating group) is 1. The van der Waals surface area contributed by atoms with Crippen LogP contribution in [0.3, 0.4) is 0 Å². The van der Waals surface area contributed by atoms with E-state index in [4.69, 9.17) is 23.1 Å². The monoisotopic (exact) mass is 399 g/mol. The van der Waals surface area contributed by atoms with Crippen molar-refractivity contribution < 1.29 is 15.0 Å². The van der Waals surface area contributed by atoms with Crippen LogP contribution in [0, 0.1) is 0 Å². The van der Waals surface area contributed by atoms with E-state index in [2.05, 4.69) is 26.2 Å². The quantitative estimate of drug-likeness (QED) is 0.179. The number of halogens is 1. The normalized spacial score (nSPS) is 33.4. The lowest BCUT2D eigenvalue weighted by Crippen LogP contribution is -2.64. The van der Waals surface area contributed by atoms with Gasteiger partial charge in [-0.05, 0) is 6.54 Å². The Labute approximate surface area is 162 Å². The van der Waals surface area contributed by atoms with Gasteiger partial charge in [0.25, 0.3) is 0 Å². The van der Waals surface area contributed by atoms with Crippen LogP contribution in [0.2, 0.25) is 0 Å². The first-order valence-corrected chi connectivity index (χ1v) is 9.19. The van der Waals surface area contributed by atoms with E-state index < -0.39 is 18.5 Å². The van der Waals surface area contributed by atoms with Crippen LogP contribution in [0.4, 0.5) is 0 Å². The summed E-state index contributed by atoms with van der Waals surface area (Å²) in [4.78, 5) is 14.7. The summed E-state index contributed by atoms with van der Waals surface area (Å²) < 4.78 is 0. The first-order chi connectivity index (χ1) is 12.8. The van der Waals surface area contributed by atoms with E-state index in [1.54, 1.807) is 6.08 Å². The molecule has 0 radical (unpaired) electrons. The summed E-state index contributed by atoms with van der Waals surface area (Å²) in [7, 11) is 0. The van der Waals surface area contributed by atoms with Crippen LogP contribution in [0.15, 0.2) is 34.8 Å². The molecule has 10 nitrogen and oxygen atoms in total. The first kappa shape index (κ1) is 19.9. The Hall–Kier alpha value is -1.82. The maximum Gasteiger partial charge on any atom is 0.246 e. The van der Waals surface area contributed by atoms with Crippen molar-refractivity contribution in [3.63, 3.8) is 0 Å². The molecule has 1 fully saturated rings. The van der Waals surface area contributed by atoms with Crippen molar-refractivity contribution >= 4 is 17.5 Å². The predicted molar refractivity (Wildman–Crippen MR) is 100 cm³/mol. The molecule has 10 N–H and O–H groups in total. The third-order valence-electron chi connectivity index (χ3n) is 5.01. The van der Waals surface area contributed by atoms with Gasteiger partial charge in [0.05, 0.1) is 6.17 Å². The van der Waals surface area contributed by atoms with Gasteiger partial charge < -0.3 is 37.6 Å². The number of fused-ring (bicyclic) bond motifs is 1. The minimum Gasteiger partial charge on any atom is -0.383 e. The van der Waals surface area contributed by atoms with Crippen LogP contribution in [0.1, 0.15) is 6.92 Å². The van der Waals surface area contributed by atoms with E-state index in [1.165, 1.54) is 0 Å². The van der Waals surface area contributed by atoms with Crippen LogP contribution >= 0.6 is 11.6 Å². The second-order valence-corrected chi connectivity index (χ2v) is 7.07. The molecule has 5 unspecified atom stereocenters. The molecular weight excluding hydrogens is 374 g/mol. The van der Waals surface area contributed by atoms with Gasteiger partial charge in [-0.2, -0.15) is 0 Å². The average molecular weight is 400 g/mol. The number of hydrogen-bond donors (Lipinski definition) is 8. The van der Waals surface area contributed by atoms with Crippen molar-refractivity contribution in [2.45, 2.75) is 43.7 Å². The Kier molecular flexibility index (Phi) is 5.94. The summed E-state index contributed by atoms with van der Waals surface area (Å²) in [6.45, 7) is 3.08. The molecule has 3 rings (SSSR count). The smallest absolute Gasteiger partial charge is 0.246 e. The second kappa shape index (κ2) is 8.05. The van der Waals surface area contributed by atoms with Gasteiger partial charge in [0.15, 0.2) is 6.29 Å². The number of hydrogen-bond acceptors (Lipinski definition) is 9. The Bertz CT molecular complexity index is 681. The number of amides is 1. The van der Waals surface area contributed by atoms with Crippen molar-refractivity contribution in [3.8, 4) is 0 Å². The Morgan fingerprint density at radius 2 is 2.19 bits per heavy atom. The van der Waals surface area contributed by atoms with Crippen LogP contribution in [-0.4, -0.2) is 70.9 Å². The molecule has 3 aliphatic rings. The van der Waals surface area contributed by atoms with Crippen molar-refractivity contribution in [1.82, 2.24) is 26.2 Å². The van der Waals surface area contributed by atoms with Gasteiger partial charge >= 0.3 is 0 Å². The van der Waals surface area contributed by atoms with E-state index in [1.807, 2.05) is 19.1 Å². The standard InChI is InChI=1S/C16H26ClN7O3/c1-2-24-9-5-7(16(26)27)3-4-8(9)21-10(24)6-20-15(25)11-13(18)23-14(19)12(17)22-11/h3-5,8-11,13,16,21-23,26-27H,2,6,18-19H2,1H3,(H,20,25). The van der Waals surface area contributed by atoms with Gasteiger partial charge in [0.1, 0.15) is 23.2 Å². The molecule has 0 bridgehead atoms. The first-order valence-electron chi connectivity index (χ1n) is 8.81. The lowest BCUT2D eigenvalue weighted by molar-refractivity contribution is -0.124. The molecular formula is C16H26ClN7O3. The van der Waals surface area contributed by atoms with E-state index in [9.17, 15) is 15.0 Å². The van der Waals surface area contributed by atoms with Gasteiger partial charge in [-0.3, -0.25) is 15.0 Å². The number of aliphatic hydroxyl groups is 2. The number of aliphatic hydroxyl groups excluding tert-OH is 1.